The van der Waals surface area contributed by atoms with E-state index in [4.69, 9.17) is 9.26 Å². The molecule has 1 aromatic heterocycles. The van der Waals surface area contributed by atoms with Crippen molar-refractivity contribution in [2.45, 2.75) is 51.6 Å². The first-order valence-electron chi connectivity index (χ1n) is 10.5. The molecule has 1 aliphatic carbocycles. The minimum atomic E-state index is -0.0142. The van der Waals surface area contributed by atoms with Crippen molar-refractivity contribution in [2.75, 3.05) is 7.11 Å². The van der Waals surface area contributed by atoms with Gasteiger partial charge in [-0.1, -0.05) is 54.2 Å². The fraction of sp³-hybridized carbons (Fsp3) is 0.375. The average molecular weight is 405 g/mol. The number of hydrogen-bond acceptors (Lipinski definition) is 5. The molecule has 4 rings (SSSR count). The van der Waals surface area contributed by atoms with Gasteiger partial charge in [0.25, 0.3) is 5.91 Å². The summed E-state index contributed by atoms with van der Waals surface area (Å²) in [7, 11) is 1.62. The zero-order valence-corrected chi connectivity index (χ0v) is 17.5. The predicted molar refractivity (Wildman–Crippen MR) is 114 cm³/mol. The van der Waals surface area contributed by atoms with Crippen LogP contribution in [0.3, 0.4) is 0 Å². The van der Waals surface area contributed by atoms with Crippen LogP contribution in [0.1, 0.15) is 53.9 Å². The Morgan fingerprint density at radius 1 is 1.07 bits per heavy atom. The van der Waals surface area contributed by atoms with Crippen LogP contribution in [0, 0.1) is 6.92 Å². The Morgan fingerprint density at radius 2 is 1.77 bits per heavy atom. The molecule has 1 aliphatic rings. The van der Waals surface area contributed by atoms with Crippen LogP contribution in [0.2, 0.25) is 0 Å². The second-order valence-electron chi connectivity index (χ2n) is 7.83. The fourth-order valence-electron chi connectivity index (χ4n) is 3.94. The Labute approximate surface area is 176 Å². The second kappa shape index (κ2) is 9.11. The molecule has 0 aliphatic heterocycles. The van der Waals surface area contributed by atoms with Gasteiger partial charge in [-0.25, -0.2) is 0 Å². The molecule has 1 heterocycles. The Kier molecular flexibility index (Phi) is 6.12. The summed E-state index contributed by atoms with van der Waals surface area (Å²) < 4.78 is 10.7. The predicted octanol–water partition coefficient (Wildman–Crippen LogP) is 5.03. The summed E-state index contributed by atoms with van der Waals surface area (Å²) in [5, 5.41) is 4.13. The summed E-state index contributed by atoms with van der Waals surface area (Å²) in [5.41, 5.74) is 2.72. The number of nitrogens with zero attached hydrogens (tertiary/aromatic N) is 3. The Balaban J connectivity index is 1.56. The van der Waals surface area contributed by atoms with Gasteiger partial charge in [-0.15, -0.1) is 0 Å². The molecule has 0 unspecified atom stereocenters. The molecule has 1 fully saturated rings. The molecule has 30 heavy (non-hydrogen) atoms. The third-order valence-electron chi connectivity index (χ3n) is 5.70. The van der Waals surface area contributed by atoms with Crippen molar-refractivity contribution in [3.8, 4) is 17.1 Å². The lowest BCUT2D eigenvalue weighted by Gasteiger charge is -2.33. The Hall–Kier alpha value is -3.15. The van der Waals surface area contributed by atoms with Crippen LogP contribution in [-0.4, -0.2) is 34.1 Å². The van der Waals surface area contributed by atoms with E-state index < -0.39 is 0 Å². The summed E-state index contributed by atoms with van der Waals surface area (Å²) >= 11 is 0. The molecule has 0 radical (unpaired) electrons. The highest BCUT2D eigenvalue weighted by atomic mass is 16.5. The van der Waals surface area contributed by atoms with E-state index in [2.05, 4.69) is 10.1 Å². The molecule has 6 nitrogen and oxygen atoms in total. The Bertz CT molecular complexity index is 974. The number of aromatic nitrogens is 2. The summed E-state index contributed by atoms with van der Waals surface area (Å²) in [4.78, 5) is 19.8. The van der Waals surface area contributed by atoms with Crippen molar-refractivity contribution >= 4 is 5.91 Å². The van der Waals surface area contributed by atoms with Crippen LogP contribution in [0.5, 0.6) is 5.75 Å². The molecule has 6 heteroatoms. The molecule has 0 bridgehead atoms. The monoisotopic (exact) mass is 405 g/mol. The van der Waals surface area contributed by atoms with E-state index >= 15 is 0 Å². The van der Waals surface area contributed by atoms with E-state index in [1.54, 1.807) is 7.11 Å². The van der Waals surface area contributed by atoms with Gasteiger partial charge in [-0.3, -0.25) is 4.79 Å². The van der Waals surface area contributed by atoms with Crippen LogP contribution in [0.25, 0.3) is 11.4 Å². The standard InChI is InChI=1S/C24H27N3O3/c1-17-8-10-18(11-9-17)23-25-22(30-26-23)16-27(20-6-4-3-5-7-20)24(28)19-12-14-21(29-2)15-13-19/h8-15,20H,3-7,16H2,1-2H3. The SMILES string of the molecule is COc1ccc(C(=O)N(Cc2nc(-c3ccc(C)cc3)no2)C2CCCCC2)cc1. The summed E-state index contributed by atoms with van der Waals surface area (Å²) in [6.07, 6.45) is 5.49. The first-order chi connectivity index (χ1) is 14.6. The molecule has 1 saturated carbocycles. The van der Waals surface area contributed by atoms with Crippen molar-refractivity contribution in [1.82, 2.24) is 15.0 Å². The molecule has 0 N–H and O–H groups in total. The molecular formula is C24H27N3O3. The quantitative estimate of drug-likeness (QED) is 0.575. The highest BCUT2D eigenvalue weighted by Gasteiger charge is 2.28. The number of rotatable bonds is 6. The van der Waals surface area contributed by atoms with Gasteiger partial charge in [-0.05, 0) is 44.0 Å². The number of carbonyl (C=O) groups is 1. The van der Waals surface area contributed by atoms with Crippen LogP contribution < -0.4 is 4.74 Å². The molecule has 2 aromatic carbocycles. The summed E-state index contributed by atoms with van der Waals surface area (Å²) in [6, 6.07) is 15.4. The number of carbonyl (C=O) groups excluding carboxylic acids is 1. The number of aryl methyl sites for hydroxylation is 1. The maximum Gasteiger partial charge on any atom is 0.254 e. The minimum Gasteiger partial charge on any atom is -0.497 e. The lowest BCUT2D eigenvalue weighted by atomic mass is 9.93. The maximum atomic E-state index is 13.4. The number of benzene rings is 2. The Morgan fingerprint density at radius 3 is 2.43 bits per heavy atom. The molecule has 0 atom stereocenters. The first kappa shape index (κ1) is 20.1. The van der Waals surface area contributed by atoms with E-state index in [-0.39, 0.29) is 11.9 Å². The van der Waals surface area contributed by atoms with E-state index in [1.165, 1.54) is 12.0 Å². The smallest absolute Gasteiger partial charge is 0.254 e. The lowest BCUT2D eigenvalue weighted by Crippen LogP contribution is -2.41. The summed E-state index contributed by atoms with van der Waals surface area (Å²) in [6.45, 7) is 2.35. The third-order valence-corrected chi connectivity index (χ3v) is 5.70. The topological polar surface area (TPSA) is 68.5 Å². The largest absolute Gasteiger partial charge is 0.497 e. The van der Waals surface area contributed by atoms with E-state index in [0.717, 1.165) is 37.0 Å². The minimum absolute atomic E-state index is 0.0142. The van der Waals surface area contributed by atoms with Gasteiger partial charge in [0.1, 0.15) is 12.3 Å². The van der Waals surface area contributed by atoms with Gasteiger partial charge in [0, 0.05) is 17.2 Å². The average Bonchev–Trinajstić information content (AvgIpc) is 3.27. The van der Waals surface area contributed by atoms with E-state index in [1.807, 2.05) is 60.4 Å². The van der Waals surface area contributed by atoms with Crippen molar-refractivity contribution in [3.05, 3.63) is 65.5 Å². The molecule has 0 spiro atoms. The van der Waals surface area contributed by atoms with E-state index in [9.17, 15) is 4.79 Å². The van der Waals surface area contributed by atoms with Gasteiger partial charge >= 0.3 is 0 Å². The molecule has 156 valence electrons. The van der Waals surface area contributed by atoms with Crippen LogP contribution in [0.15, 0.2) is 53.1 Å². The van der Waals surface area contributed by atoms with Crippen LogP contribution in [0.4, 0.5) is 0 Å². The highest BCUT2D eigenvalue weighted by molar-refractivity contribution is 5.94. The van der Waals surface area contributed by atoms with Crippen molar-refractivity contribution in [1.29, 1.82) is 0 Å². The normalized spacial score (nSPS) is 14.5. The number of ether oxygens (including phenoxy) is 1. The van der Waals surface area contributed by atoms with Gasteiger partial charge in [-0.2, -0.15) is 4.98 Å². The number of amides is 1. The molecule has 0 saturated heterocycles. The van der Waals surface area contributed by atoms with Crippen molar-refractivity contribution < 1.29 is 14.1 Å². The van der Waals surface area contributed by atoms with Crippen molar-refractivity contribution in [2.24, 2.45) is 0 Å². The fourth-order valence-corrected chi connectivity index (χ4v) is 3.94. The highest BCUT2D eigenvalue weighted by Crippen LogP contribution is 2.26. The van der Waals surface area contributed by atoms with Crippen LogP contribution in [-0.2, 0) is 6.54 Å². The lowest BCUT2D eigenvalue weighted by molar-refractivity contribution is 0.0586. The molecule has 3 aromatic rings. The molecule has 1 amide bonds. The number of methoxy groups -OCH3 is 1. The zero-order valence-electron chi connectivity index (χ0n) is 17.5. The van der Waals surface area contributed by atoms with Gasteiger partial charge in [0.15, 0.2) is 0 Å². The van der Waals surface area contributed by atoms with Gasteiger partial charge in [0.2, 0.25) is 11.7 Å². The van der Waals surface area contributed by atoms with Gasteiger partial charge in [0.05, 0.1) is 7.11 Å². The second-order valence-corrected chi connectivity index (χ2v) is 7.83. The number of hydrogen-bond donors (Lipinski definition) is 0. The first-order valence-corrected chi connectivity index (χ1v) is 10.5. The van der Waals surface area contributed by atoms with E-state index in [0.29, 0.717) is 23.8 Å². The summed E-state index contributed by atoms with van der Waals surface area (Å²) in [5.74, 6) is 1.72. The zero-order chi connectivity index (χ0) is 20.9. The molecular weight excluding hydrogens is 378 g/mol. The van der Waals surface area contributed by atoms with Gasteiger partial charge < -0.3 is 14.2 Å². The third kappa shape index (κ3) is 4.53. The maximum absolute atomic E-state index is 13.4. The van der Waals surface area contributed by atoms with Crippen molar-refractivity contribution in [3.63, 3.8) is 0 Å². The van der Waals surface area contributed by atoms with Crippen LogP contribution >= 0.6 is 0 Å².